The molecule has 4 N–H and O–H groups in total. The van der Waals surface area contributed by atoms with Crippen molar-refractivity contribution in [1.29, 1.82) is 0 Å². The third-order valence-corrected chi connectivity index (χ3v) is 3.25. The molecular weight excluding hydrogens is 268 g/mol. The summed E-state index contributed by atoms with van der Waals surface area (Å²) in [6, 6.07) is -0.791. The molecule has 122 valence electrons. The van der Waals surface area contributed by atoms with Crippen molar-refractivity contribution in [2.75, 3.05) is 6.54 Å². The van der Waals surface area contributed by atoms with E-state index in [1.165, 1.54) is 12.8 Å². The van der Waals surface area contributed by atoms with Gasteiger partial charge in [0.1, 0.15) is 6.04 Å². The molecule has 0 heterocycles. The summed E-state index contributed by atoms with van der Waals surface area (Å²) in [6.07, 6.45) is 12.2. The molecule has 0 spiro atoms. The molecule has 0 aromatic heterocycles. The quantitative estimate of drug-likeness (QED) is 0.360. The number of carbonyl (C=O) groups is 2. The van der Waals surface area contributed by atoms with Crippen LogP contribution < -0.4 is 11.1 Å². The van der Waals surface area contributed by atoms with Crippen molar-refractivity contribution in [3.8, 4) is 0 Å². The zero-order valence-corrected chi connectivity index (χ0v) is 13.1. The number of carbonyl (C=O) groups excluding carboxylic acids is 1. The highest BCUT2D eigenvalue weighted by atomic mass is 16.4. The smallest absolute Gasteiger partial charge is 0.320 e. The van der Waals surface area contributed by atoms with Crippen LogP contribution in [0.2, 0.25) is 0 Å². The number of nitrogens with two attached hydrogens (primary N) is 1. The lowest BCUT2D eigenvalue weighted by Gasteiger charge is -2.07. The average molecular weight is 298 g/mol. The minimum Gasteiger partial charge on any atom is -0.480 e. The van der Waals surface area contributed by atoms with Gasteiger partial charge in [0.05, 0.1) is 0 Å². The lowest BCUT2D eigenvalue weighted by atomic mass is 10.1. The second-order valence-electron chi connectivity index (χ2n) is 5.30. The molecule has 1 amide bonds. The summed E-state index contributed by atoms with van der Waals surface area (Å²) in [6.45, 7) is 2.77. The van der Waals surface area contributed by atoms with Crippen LogP contribution in [0.25, 0.3) is 0 Å². The van der Waals surface area contributed by atoms with Gasteiger partial charge in [-0.2, -0.15) is 0 Å². The molecule has 0 aromatic carbocycles. The van der Waals surface area contributed by atoms with Crippen LogP contribution in [-0.2, 0) is 9.59 Å². The predicted molar refractivity (Wildman–Crippen MR) is 85.0 cm³/mol. The Bertz CT molecular complexity index is 317. The molecule has 0 unspecified atom stereocenters. The largest absolute Gasteiger partial charge is 0.480 e. The molecule has 0 aliphatic carbocycles. The van der Waals surface area contributed by atoms with Gasteiger partial charge < -0.3 is 16.2 Å². The monoisotopic (exact) mass is 298 g/mol. The van der Waals surface area contributed by atoms with Crippen molar-refractivity contribution in [3.63, 3.8) is 0 Å². The second kappa shape index (κ2) is 13.6. The molecule has 0 rings (SSSR count). The SMILES string of the molecule is CCCC/C=C/CCCC(=O)NCCCC[C@H](N)C(=O)O. The van der Waals surface area contributed by atoms with Gasteiger partial charge in [0, 0.05) is 13.0 Å². The maximum atomic E-state index is 11.5. The molecule has 0 aromatic rings. The van der Waals surface area contributed by atoms with Crippen molar-refractivity contribution in [3.05, 3.63) is 12.2 Å². The average Bonchev–Trinajstić information content (AvgIpc) is 2.45. The fourth-order valence-corrected chi connectivity index (χ4v) is 1.87. The van der Waals surface area contributed by atoms with Gasteiger partial charge in [0.25, 0.3) is 0 Å². The van der Waals surface area contributed by atoms with Crippen molar-refractivity contribution in [2.24, 2.45) is 5.73 Å². The fourth-order valence-electron chi connectivity index (χ4n) is 1.87. The predicted octanol–water partition coefficient (Wildman–Crippen LogP) is 2.60. The molecule has 0 radical (unpaired) electrons. The van der Waals surface area contributed by atoms with E-state index in [0.29, 0.717) is 25.8 Å². The number of hydrogen-bond donors (Lipinski definition) is 3. The molecule has 0 aliphatic rings. The van der Waals surface area contributed by atoms with Crippen molar-refractivity contribution >= 4 is 11.9 Å². The third kappa shape index (κ3) is 13.4. The molecule has 1 atom stereocenters. The van der Waals surface area contributed by atoms with E-state index in [1.54, 1.807) is 0 Å². The topological polar surface area (TPSA) is 92.4 Å². The minimum absolute atomic E-state index is 0.0690. The lowest BCUT2D eigenvalue weighted by Crippen LogP contribution is -2.30. The summed E-state index contributed by atoms with van der Waals surface area (Å²) < 4.78 is 0. The number of unbranched alkanes of at least 4 members (excludes halogenated alkanes) is 4. The number of rotatable bonds is 13. The van der Waals surface area contributed by atoms with Gasteiger partial charge in [-0.15, -0.1) is 0 Å². The molecule has 0 saturated carbocycles. The Morgan fingerprint density at radius 1 is 1.14 bits per heavy atom. The van der Waals surface area contributed by atoms with Crippen LogP contribution in [0.3, 0.4) is 0 Å². The van der Waals surface area contributed by atoms with E-state index in [9.17, 15) is 9.59 Å². The number of carboxylic acids is 1. The molecule has 0 fully saturated rings. The summed E-state index contributed by atoms with van der Waals surface area (Å²) >= 11 is 0. The highest BCUT2D eigenvalue weighted by Crippen LogP contribution is 2.01. The standard InChI is InChI=1S/C16H30N2O3/c1-2-3-4-5-6-7-8-12-15(19)18-13-10-9-11-14(17)16(20)21/h5-6,14H,2-4,7-13,17H2,1H3,(H,18,19)(H,20,21)/b6-5+/t14-/m0/s1. The number of amides is 1. The summed E-state index contributed by atoms with van der Waals surface area (Å²) in [7, 11) is 0. The first-order chi connectivity index (χ1) is 10.1. The first-order valence-electron chi connectivity index (χ1n) is 7.98. The maximum absolute atomic E-state index is 11.5. The number of aliphatic carboxylic acids is 1. The van der Waals surface area contributed by atoms with Crippen LogP contribution in [0.5, 0.6) is 0 Å². The Labute approximate surface area is 128 Å². The van der Waals surface area contributed by atoms with E-state index in [2.05, 4.69) is 24.4 Å². The number of carboxylic acid groups (broad SMARTS) is 1. The van der Waals surface area contributed by atoms with Gasteiger partial charge in [-0.3, -0.25) is 9.59 Å². The van der Waals surface area contributed by atoms with Gasteiger partial charge in [0.15, 0.2) is 0 Å². The van der Waals surface area contributed by atoms with Crippen LogP contribution in [0.4, 0.5) is 0 Å². The summed E-state index contributed by atoms with van der Waals surface area (Å²) in [5.41, 5.74) is 5.39. The van der Waals surface area contributed by atoms with Gasteiger partial charge in [-0.05, 0) is 38.5 Å². The van der Waals surface area contributed by atoms with Crippen molar-refractivity contribution < 1.29 is 14.7 Å². The molecule has 21 heavy (non-hydrogen) atoms. The Balaban J connectivity index is 3.38. The van der Waals surface area contributed by atoms with Gasteiger partial charge >= 0.3 is 5.97 Å². The first kappa shape index (κ1) is 19.6. The van der Waals surface area contributed by atoms with Crippen LogP contribution in [0.1, 0.15) is 64.7 Å². The highest BCUT2D eigenvalue weighted by Gasteiger charge is 2.10. The van der Waals surface area contributed by atoms with E-state index < -0.39 is 12.0 Å². The lowest BCUT2D eigenvalue weighted by molar-refractivity contribution is -0.138. The Hall–Kier alpha value is -1.36. The van der Waals surface area contributed by atoms with Crippen LogP contribution in [0.15, 0.2) is 12.2 Å². The molecule has 0 saturated heterocycles. The number of nitrogens with one attached hydrogen (secondary N) is 1. The maximum Gasteiger partial charge on any atom is 0.320 e. The van der Waals surface area contributed by atoms with Crippen LogP contribution in [0, 0.1) is 0 Å². The first-order valence-corrected chi connectivity index (χ1v) is 7.98. The summed E-state index contributed by atoms with van der Waals surface area (Å²) in [5.74, 6) is -0.898. The zero-order valence-electron chi connectivity index (χ0n) is 13.1. The Morgan fingerprint density at radius 2 is 1.81 bits per heavy atom. The van der Waals surface area contributed by atoms with E-state index in [4.69, 9.17) is 10.8 Å². The van der Waals surface area contributed by atoms with Crippen molar-refractivity contribution in [1.82, 2.24) is 5.32 Å². The molecule has 0 bridgehead atoms. The van der Waals surface area contributed by atoms with Gasteiger partial charge in [-0.25, -0.2) is 0 Å². The van der Waals surface area contributed by atoms with Crippen LogP contribution >= 0.6 is 0 Å². The van der Waals surface area contributed by atoms with E-state index >= 15 is 0 Å². The normalized spacial score (nSPS) is 12.5. The molecular formula is C16H30N2O3. The van der Waals surface area contributed by atoms with E-state index in [-0.39, 0.29) is 5.91 Å². The molecule has 0 aliphatic heterocycles. The van der Waals surface area contributed by atoms with Gasteiger partial charge in [0.2, 0.25) is 5.91 Å². The Kier molecular flexibility index (Phi) is 12.7. The molecule has 5 heteroatoms. The second-order valence-corrected chi connectivity index (χ2v) is 5.30. The van der Waals surface area contributed by atoms with Gasteiger partial charge in [-0.1, -0.05) is 31.9 Å². The minimum atomic E-state index is -0.967. The van der Waals surface area contributed by atoms with Crippen molar-refractivity contribution in [2.45, 2.75) is 70.8 Å². The summed E-state index contributed by atoms with van der Waals surface area (Å²) in [5, 5.41) is 11.5. The third-order valence-electron chi connectivity index (χ3n) is 3.25. The van der Waals surface area contributed by atoms with Crippen LogP contribution in [-0.4, -0.2) is 29.6 Å². The van der Waals surface area contributed by atoms with E-state index in [0.717, 1.165) is 25.7 Å². The zero-order chi connectivity index (χ0) is 15.9. The number of allylic oxidation sites excluding steroid dienone is 2. The summed E-state index contributed by atoms with van der Waals surface area (Å²) in [4.78, 5) is 22.0. The Morgan fingerprint density at radius 3 is 2.43 bits per heavy atom. The highest BCUT2D eigenvalue weighted by molar-refractivity contribution is 5.75. The number of hydrogen-bond acceptors (Lipinski definition) is 3. The van der Waals surface area contributed by atoms with E-state index in [1.807, 2.05) is 0 Å². The molecule has 5 nitrogen and oxygen atoms in total. The fraction of sp³-hybridized carbons (Fsp3) is 0.750.